The second kappa shape index (κ2) is 7.31. The van der Waals surface area contributed by atoms with Crippen LogP contribution in [0.3, 0.4) is 0 Å². The summed E-state index contributed by atoms with van der Waals surface area (Å²) in [6.45, 7) is 0. The molecule has 0 aliphatic heterocycles. The number of nitrogens with one attached hydrogen (secondary N) is 1. The molecule has 2 N–H and O–H groups in total. The number of anilines is 3. The van der Waals surface area contributed by atoms with Crippen LogP contribution in [0.2, 0.25) is 5.02 Å². The van der Waals surface area contributed by atoms with E-state index in [1.807, 2.05) is 25.1 Å². The number of nitrogens with zero attached hydrogens (tertiary/aromatic N) is 1. The molecule has 0 heterocycles. The van der Waals surface area contributed by atoms with Crippen molar-refractivity contribution in [1.82, 2.24) is 0 Å². The molecule has 0 radical (unpaired) electrons. The van der Waals surface area contributed by atoms with Crippen molar-refractivity contribution in [3.8, 4) is 11.5 Å². The molecule has 0 atom stereocenters. The number of carboxylic acid groups (broad SMARTS) is 1. The maximum Gasteiger partial charge on any atom is 0.337 e. The summed E-state index contributed by atoms with van der Waals surface area (Å²) < 4.78 is 10.4. The third kappa shape index (κ3) is 3.49. The normalized spacial score (nSPS) is 10.2. The third-order valence-corrected chi connectivity index (χ3v) is 3.76. The van der Waals surface area contributed by atoms with Crippen LogP contribution in [-0.4, -0.2) is 39.4 Å². The smallest absolute Gasteiger partial charge is 0.337 e. The fourth-order valence-corrected chi connectivity index (χ4v) is 2.72. The van der Waals surface area contributed by atoms with Crippen molar-refractivity contribution in [2.75, 3.05) is 38.5 Å². The molecule has 0 aliphatic rings. The second-order valence-electron chi connectivity index (χ2n) is 5.21. The van der Waals surface area contributed by atoms with Crippen LogP contribution in [-0.2, 0) is 0 Å². The highest BCUT2D eigenvalue weighted by atomic mass is 35.5. The summed E-state index contributed by atoms with van der Waals surface area (Å²) in [5.41, 5.74) is 1.88. The zero-order chi connectivity index (χ0) is 17.9. The Morgan fingerprint density at radius 1 is 1.12 bits per heavy atom. The summed E-state index contributed by atoms with van der Waals surface area (Å²) in [4.78, 5) is 13.4. The van der Waals surface area contributed by atoms with Crippen molar-refractivity contribution in [1.29, 1.82) is 0 Å². The van der Waals surface area contributed by atoms with Gasteiger partial charge in [-0.2, -0.15) is 0 Å². The minimum absolute atomic E-state index is 0.0670. The predicted molar refractivity (Wildman–Crippen MR) is 95.6 cm³/mol. The van der Waals surface area contributed by atoms with Crippen LogP contribution in [0.15, 0.2) is 30.3 Å². The Kier molecular flexibility index (Phi) is 5.41. The van der Waals surface area contributed by atoms with Crippen LogP contribution >= 0.6 is 11.6 Å². The summed E-state index contributed by atoms with van der Waals surface area (Å²) in [7, 11) is 6.67. The number of benzene rings is 2. The molecule has 0 fully saturated rings. The number of para-hydroxylation sites is 1. The molecule has 0 spiro atoms. The average Bonchev–Trinajstić information content (AvgIpc) is 2.53. The van der Waals surface area contributed by atoms with Gasteiger partial charge in [0.2, 0.25) is 0 Å². The van der Waals surface area contributed by atoms with Crippen molar-refractivity contribution in [3.63, 3.8) is 0 Å². The lowest BCUT2D eigenvalue weighted by Gasteiger charge is -2.21. The molecule has 0 aromatic heterocycles. The summed E-state index contributed by atoms with van der Waals surface area (Å²) in [6, 6.07) is 8.39. The number of hydrogen-bond donors (Lipinski definition) is 2. The Hall–Kier alpha value is -2.60. The highest BCUT2D eigenvalue weighted by Crippen LogP contribution is 2.38. The van der Waals surface area contributed by atoms with Crippen molar-refractivity contribution in [2.45, 2.75) is 0 Å². The Morgan fingerprint density at radius 2 is 1.75 bits per heavy atom. The first kappa shape index (κ1) is 17.7. The van der Waals surface area contributed by atoms with Crippen molar-refractivity contribution >= 4 is 34.6 Å². The SMILES string of the molecule is COc1cc(Nc2cccc(Cl)c2N(C)C)c(C(=O)O)cc1OC. The molecular formula is C17H19ClN2O4. The largest absolute Gasteiger partial charge is 0.493 e. The number of rotatable bonds is 6. The van der Waals surface area contributed by atoms with E-state index in [4.69, 9.17) is 21.1 Å². The first-order chi connectivity index (χ1) is 11.4. The molecule has 6 nitrogen and oxygen atoms in total. The Morgan fingerprint density at radius 3 is 2.29 bits per heavy atom. The van der Waals surface area contributed by atoms with Gasteiger partial charge in [0.05, 0.1) is 41.9 Å². The molecule has 0 saturated carbocycles. The number of carboxylic acids is 1. The summed E-state index contributed by atoms with van der Waals surface area (Å²) in [5.74, 6) is -0.301. The lowest BCUT2D eigenvalue weighted by atomic mass is 10.1. The van der Waals surface area contributed by atoms with Crippen LogP contribution in [0.1, 0.15) is 10.4 Å². The lowest BCUT2D eigenvalue weighted by molar-refractivity contribution is 0.0697. The Bertz CT molecular complexity index is 762. The van der Waals surface area contributed by atoms with Crippen LogP contribution < -0.4 is 19.7 Å². The number of ether oxygens (including phenoxy) is 2. The number of halogens is 1. The number of methoxy groups -OCH3 is 2. The molecule has 0 saturated heterocycles. The molecule has 0 amide bonds. The van der Waals surface area contributed by atoms with E-state index in [0.29, 0.717) is 27.9 Å². The third-order valence-electron chi connectivity index (χ3n) is 3.46. The van der Waals surface area contributed by atoms with Gasteiger partial charge in [-0.05, 0) is 12.1 Å². The highest BCUT2D eigenvalue weighted by Gasteiger charge is 2.18. The van der Waals surface area contributed by atoms with Crippen LogP contribution in [0.4, 0.5) is 17.1 Å². The van der Waals surface area contributed by atoms with E-state index in [2.05, 4.69) is 5.32 Å². The summed E-state index contributed by atoms with van der Waals surface area (Å²) in [5, 5.41) is 13.2. The maximum atomic E-state index is 11.6. The van der Waals surface area contributed by atoms with Gasteiger partial charge in [-0.25, -0.2) is 4.79 Å². The predicted octanol–water partition coefficient (Wildman–Crippen LogP) is 3.87. The quantitative estimate of drug-likeness (QED) is 0.824. The molecule has 2 aromatic carbocycles. The van der Waals surface area contributed by atoms with Crippen molar-refractivity contribution < 1.29 is 19.4 Å². The minimum atomic E-state index is -1.08. The number of hydrogen-bond acceptors (Lipinski definition) is 5. The van der Waals surface area contributed by atoms with E-state index >= 15 is 0 Å². The molecule has 0 bridgehead atoms. The zero-order valence-corrected chi connectivity index (χ0v) is 14.6. The molecule has 2 rings (SSSR count). The van der Waals surface area contributed by atoms with Gasteiger partial charge in [-0.15, -0.1) is 0 Å². The molecule has 128 valence electrons. The van der Waals surface area contributed by atoms with E-state index in [0.717, 1.165) is 5.69 Å². The van der Waals surface area contributed by atoms with Crippen molar-refractivity contribution in [2.24, 2.45) is 0 Å². The van der Waals surface area contributed by atoms with Gasteiger partial charge in [0.25, 0.3) is 0 Å². The fraction of sp³-hybridized carbons (Fsp3) is 0.235. The van der Waals surface area contributed by atoms with E-state index in [1.165, 1.54) is 20.3 Å². The summed E-state index contributed by atoms with van der Waals surface area (Å²) >= 11 is 6.26. The highest BCUT2D eigenvalue weighted by molar-refractivity contribution is 6.34. The van der Waals surface area contributed by atoms with E-state index in [-0.39, 0.29) is 5.56 Å². The van der Waals surface area contributed by atoms with Crippen LogP contribution in [0.5, 0.6) is 11.5 Å². The van der Waals surface area contributed by atoms with Gasteiger partial charge in [-0.1, -0.05) is 17.7 Å². The number of aromatic carboxylic acids is 1. The monoisotopic (exact) mass is 350 g/mol. The lowest BCUT2D eigenvalue weighted by Crippen LogP contribution is -2.12. The molecule has 2 aromatic rings. The first-order valence-electron chi connectivity index (χ1n) is 7.11. The molecular weight excluding hydrogens is 332 g/mol. The second-order valence-corrected chi connectivity index (χ2v) is 5.62. The van der Waals surface area contributed by atoms with Gasteiger partial charge in [0, 0.05) is 26.2 Å². The molecule has 24 heavy (non-hydrogen) atoms. The number of carbonyl (C=O) groups is 1. The standard InChI is InChI=1S/C17H19ClN2O4/c1-20(2)16-11(18)6-5-7-12(16)19-13-9-15(24-4)14(23-3)8-10(13)17(21)22/h5-9,19H,1-4H3,(H,21,22). The molecule has 0 aliphatic carbocycles. The van der Waals surface area contributed by atoms with Crippen LogP contribution in [0, 0.1) is 0 Å². The van der Waals surface area contributed by atoms with Gasteiger partial charge < -0.3 is 24.8 Å². The maximum absolute atomic E-state index is 11.6. The average molecular weight is 351 g/mol. The van der Waals surface area contributed by atoms with Gasteiger partial charge in [-0.3, -0.25) is 0 Å². The first-order valence-corrected chi connectivity index (χ1v) is 7.49. The van der Waals surface area contributed by atoms with Crippen molar-refractivity contribution in [3.05, 3.63) is 40.9 Å². The topological polar surface area (TPSA) is 71.0 Å². The molecule has 7 heteroatoms. The zero-order valence-electron chi connectivity index (χ0n) is 13.9. The van der Waals surface area contributed by atoms with E-state index < -0.39 is 5.97 Å². The van der Waals surface area contributed by atoms with E-state index in [1.54, 1.807) is 18.2 Å². The Balaban J connectivity index is 2.58. The van der Waals surface area contributed by atoms with E-state index in [9.17, 15) is 9.90 Å². The van der Waals surface area contributed by atoms with Crippen LogP contribution in [0.25, 0.3) is 0 Å². The van der Waals surface area contributed by atoms with Gasteiger partial charge >= 0.3 is 5.97 Å². The fourth-order valence-electron chi connectivity index (χ4n) is 2.38. The van der Waals surface area contributed by atoms with Gasteiger partial charge in [0.15, 0.2) is 11.5 Å². The molecule has 0 unspecified atom stereocenters. The minimum Gasteiger partial charge on any atom is -0.493 e. The summed E-state index contributed by atoms with van der Waals surface area (Å²) in [6.07, 6.45) is 0. The van der Waals surface area contributed by atoms with Gasteiger partial charge in [0.1, 0.15) is 0 Å². The Labute approximate surface area is 145 Å².